The quantitative estimate of drug-likeness (QED) is 0.694. The number of methoxy groups -OCH3 is 1. The number of halogens is 1. The van der Waals surface area contributed by atoms with Gasteiger partial charge >= 0.3 is 5.97 Å². The minimum Gasteiger partial charge on any atom is -0.467 e. The lowest BCUT2D eigenvalue weighted by Gasteiger charge is -2.21. The molecule has 124 valence electrons. The number of hydrogen-bond donors (Lipinski definition) is 3. The van der Waals surface area contributed by atoms with Crippen molar-refractivity contribution in [3.8, 4) is 0 Å². The Bertz CT molecular complexity index is 532. The van der Waals surface area contributed by atoms with Crippen molar-refractivity contribution >= 4 is 24.3 Å². The van der Waals surface area contributed by atoms with Gasteiger partial charge in [-0.3, -0.25) is 9.89 Å². The second-order valence-electron chi connectivity index (χ2n) is 5.32. The Morgan fingerprint density at radius 2 is 2.18 bits per heavy atom. The molecule has 1 aromatic rings. The second kappa shape index (κ2) is 8.14. The molecular weight excluding hydrogens is 308 g/mol. The summed E-state index contributed by atoms with van der Waals surface area (Å²) < 4.78 is 4.77. The van der Waals surface area contributed by atoms with Gasteiger partial charge in [0, 0.05) is 30.8 Å². The largest absolute Gasteiger partial charge is 0.467 e. The van der Waals surface area contributed by atoms with Crippen LogP contribution in [0.3, 0.4) is 0 Å². The van der Waals surface area contributed by atoms with Gasteiger partial charge in [-0.2, -0.15) is 5.10 Å². The average Bonchev–Trinajstić information content (AvgIpc) is 2.95. The molecule has 1 aliphatic heterocycles. The van der Waals surface area contributed by atoms with Crippen LogP contribution in [0, 0.1) is 5.92 Å². The Morgan fingerprint density at radius 3 is 2.82 bits per heavy atom. The lowest BCUT2D eigenvalue weighted by atomic mass is 9.98. The summed E-state index contributed by atoms with van der Waals surface area (Å²) in [5, 5.41) is 13.0. The number of aromatic nitrogens is 2. The number of nitrogens with zero attached hydrogens (tertiary/aromatic N) is 1. The second-order valence-corrected chi connectivity index (χ2v) is 5.32. The lowest BCUT2D eigenvalue weighted by molar-refractivity contribution is -0.144. The van der Waals surface area contributed by atoms with Crippen LogP contribution in [-0.4, -0.2) is 41.8 Å². The molecule has 0 aromatic carbocycles. The molecule has 0 saturated heterocycles. The van der Waals surface area contributed by atoms with E-state index in [0.29, 0.717) is 12.2 Å². The third kappa shape index (κ3) is 3.78. The topological polar surface area (TPSA) is 96.1 Å². The Labute approximate surface area is 136 Å². The number of rotatable bonds is 5. The van der Waals surface area contributed by atoms with E-state index in [1.165, 1.54) is 7.11 Å². The Morgan fingerprint density at radius 1 is 1.45 bits per heavy atom. The van der Waals surface area contributed by atoms with E-state index in [4.69, 9.17) is 4.74 Å². The first-order valence-electron chi connectivity index (χ1n) is 7.24. The molecule has 0 saturated carbocycles. The van der Waals surface area contributed by atoms with Crippen molar-refractivity contribution in [2.24, 2.45) is 5.92 Å². The highest BCUT2D eigenvalue weighted by Gasteiger charge is 2.29. The van der Waals surface area contributed by atoms with E-state index in [-0.39, 0.29) is 24.2 Å². The van der Waals surface area contributed by atoms with Crippen molar-refractivity contribution in [2.45, 2.75) is 39.3 Å². The summed E-state index contributed by atoms with van der Waals surface area (Å²) in [6.45, 7) is 5.35. The van der Waals surface area contributed by atoms with Gasteiger partial charge in [0.1, 0.15) is 6.04 Å². The first kappa shape index (κ1) is 18.4. The molecule has 0 bridgehead atoms. The molecule has 0 spiro atoms. The lowest BCUT2D eigenvalue weighted by Crippen LogP contribution is -2.46. The Hall–Kier alpha value is -1.60. The van der Waals surface area contributed by atoms with Crippen LogP contribution in [0.25, 0.3) is 0 Å². The normalized spacial score (nSPS) is 16.0. The summed E-state index contributed by atoms with van der Waals surface area (Å²) in [4.78, 5) is 24.2. The molecule has 0 aliphatic carbocycles. The molecule has 0 radical (unpaired) electrons. The summed E-state index contributed by atoms with van der Waals surface area (Å²) in [6, 6.07) is -0.656. The minimum atomic E-state index is -0.656. The zero-order valence-corrected chi connectivity index (χ0v) is 13.9. The highest BCUT2D eigenvalue weighted by Crippen LogP contribution is 2.16. The molecular formula is C14H23ClN4O3. The first-order chi connectivity index (χ1) is 10.1. The monoisotopic (exact) mass is 330 g/mol. The Balaban J connectivity index is 0.00000242. The predicted octanol–water partition coefficient (Wildman–Crippen LogP) is 0.795. The summed E-state index contributed by atoms with van der Waals surface area (Å²) >= 11 is 0. The third-order valence-electron chi connectivity index (χ3n) is 3.98. The zero-order chi connectivity index (χ0) is 15.4. The summed E-state index contributed by atoms with van der Waals surface area (Å²) in [5.74, 6) is -0.776. The van der Waals surface area contributed by atoms with Gasteiger partial charge in [-0.1, -0.05) is 20.3 Å². The van der Waals surface area contributed by atoms with Crippen LogP contribution in [0.15, 0.2) is 0 Å². The maximum Gasteiger partial charge on any atom is 0.328 e. The predicted molar refractivity (Wildman–Crippen MR) is 84.0 cm³/mol. The molecule has 22 heavy (non-hydrogen) atoms. The zero-order valence-electron chi connectivity index (χ0n) is 13.1. The van der Waals surface area contributed by atoms with Crippen molar-refractivity contribution in [2.75, 3.05) is 13.7 Å². The van der Waals surface area contributed by atoms with E-state index in [0.717, 1.165) is 30.6 Å². The van der Waals surface area contributed by atoms with Gasteiger partial charge in [0.05, 0.1) is 7.11 Å². The van der Waals surface area contributed by atoms with Gasteiger partial charge in [0.25, 0.3) is 5.91 Å². The number of nitrogens with one attached hydrogen (secondary N) is 3. The van der Waals surface area contributed by atoms with Crippen molar-refractivity contribution in [3.05, 3.63) is 17.0 Å². The summed E-state index contributed by atoms with van der Waals surface area (Å²) in [7, 11) is 1.32. The summed E-state index contributed by atoms with van der Waals surface area (Å²) in [5.41, 5.74) is 2.22. The molecule has 1 aliphatic rings. The van der Waals surface area contributed by atoms with Crippen LogP contribution in [0.4, 0.5) is 0 Å². The molecule has 7 nitrogen and oxygen atoms in total. The smallest absolute Gasteiger partial charge is 0.328 e. The van der Waals surface area contributed by atoms with E-state index in [1.807, 2.05) is 13.8 Å². The van der Waals surface area contributed by atoms with E-state index in [2.05, 4.69) is 20.8 Å². The number of carbonyl (C=O) groups excluding carboxylic acids is 2. The molecule has 0 fully saturated rings. The number of aromatic amines is 1. The molecule has 2 rings (SSSR count). The van der Waals surface area contributed by atoms with Crippen LogP contribution in [0.1, 0.15) is 42.0 Å². The third-order valence-corrected chi connectivity index (χ3v) is 3.98. The fourth-order valence-corrected chi connectivity index (χ4v) is 2.42. The molecule has 2 heterocycles. The van der Waals surface area contributed by atoms with Crippen LogP contribution in [0.2, 0.25) is 0 Å². The van der Waals surface area contributed by atoms with Gasteiger partial charge in [0.2, 0.25) is 0 Å². The van der Waals surface area contributed by atoms with Crippen molar-refractivity contribution in [3.63, 3.8) is 0 Å². The SMILES string of the molecule is CC[C@H](C)[C@H](NC(=O)c1n[nH]c2c1CNCC2)C(=O)OC.Cl. The minimum absolute atomic E-state index is 0. The fraction of sp³-hybridized carbons (Fsp3) is 0.643. The molecule has 1 aromatic heterocycles. The number of hydrogen-bond acceptors (Lipinski definition) is 5. The van der Waals surface area contributed by atoms with Crippen molar-refractivity contribution in [1.82, 2.24) is 20.8 Å². The van der Waals surface area contributed by atoms with Crippen LogP contribution in [0.5, 0.6) is 0 Å². The highest BCUT2D eigenvalue weighted by molar-refractivity contribution is 5.96. The number of carbonyl (C=O) groups is 2. The number of fused-ring (bicyclic) bond motifs is 1. The van der Waals surface area contributed by atoms with E-state index < -0.39 is 12.0 Å². The van der Waals surface area contributed by atoms with Gasteiger partial charge in [-0.05, 0) is 5.92 Å². The fourth-order valence-electron chi connectivity index (χ4n) is 2.42. The van der Waals surface area contributed by atoms with Crippen molar-refractivity contribution < 1.29 is 14.3 Å². The van der Waals surface area contributed by atoms with Gasteiger partial charge in [-0.15, -0.1) is 12.4 Å². The standard InChI is InChI=1S/C14H22N4O3.ClH/c1-4-8(2)11(14(20)21-3)16-13(19)12-9-7-15-6-5-10(9)17-18-12;/h8,11,15H,4-7H2,1-3H3,(H,16,19)(H,17,18);1H/t8-,11-;/m0./s1. The average molecular weight is 331 g/mol. The highest BCUT2D eigenvalue weighted by atomic mass is 35.5. The first-order valence-corrected chi connectivity index (χ1v) is 7.24. The molecule has 2 atom stereocenters. The number of ether oxygens (including phenoxy) is 1. The maximum atomic E-state index is 12.4. The maximum absolute atomic E-state index is 12.4. The Kier molecular flexibility index (Phi) is 6.83. The molecule has 0 unspecified atom stereocenters. The summed E-state index contributed by atoms with van der Waals surface area (Å²) in [6.07, 6.45) is 1.59. The molecule has 8 heteroatoms. The van der Waals surface area contributed by atoms with Gasteiger partial charge in [0.15, 0.2) is 5.69 Å². The number of amides is 1. The van der Waals surface area contributed by atoms with Crippen molar-refractivity contribution in [1.29, 1.82) is 0 Å². The molecule has 1 amide bonds. The van der Waals surface area contributed by atoms with Crippen LogP contribution >= 0.6 is 12.4 Å². The van der Waals surface area contributed by atoms with Gasteiger partial charge in [-0.25, -0.2) is 4.79 Å². The van der Waals surface area contributed by atoms with Crippen LogP contribution < -0.4 is 10.6 Å². The van der Waals surface area contributed by atoms with Gasteiger partial charge < -0.3 is 15.4 Å². The number of esters is 1. The van der Waals surface area contributed by atoms with E-state index in [1.54, 1.807) is 0 Å². The van der Waals surface area contributed by atoms with E-state index >= 15 is 0 Å². The molecule has 3 N–H and O–H groups in total. The van der Waals surface area contributed by atoms with Crippen LogP contribution in [-0.2, 0) is 22.5 Å². The van der Waals surface area contributed by atoms with E-state index in [9.17, 15) is 9.59 Å². The number of H-pyrrole nitrogens is 1.